The van der Waals surface area contributed by atoms with Crippen molar-refractivity contribution < 1.29 is 23.0 Å². The van der Waals surface area contributed by atoms with Crippen molar-refractivity contribution in [3.63, 3.8) is 0 Å². The van der Waals surface area contributed by atoms with Crippen molar-refractivity contribution in [3.05, 3.63) is 29.8 Å². The van der Waals surface area contributed by atoms with Crippen LogP contribution in [-0.2, 0) is 16.1 Å². The summed E-state index contributed by atoms with van der Waals surface area (Å²) in [4.78, 5) is 15.1. The number of rotatable bonds is 10. The van der Waals surface area contributed by atoms with Crippen molar-refractivity contribution in [1.82, 2.24) is 10.6 Å². The Hall–Kier alpha value is -1.65. The first kappa shape index (κ1) is 24.4. The largest absolute Gasteiger partial charge is 0.469 e. The van der Waals surface area contributed by atoms with Gasteiger partial charge in [-0.1, -0.05) is 24.6 Å². The van der Waals surface area contributed by atoms with Crippen molar-refractivity contribution >= 4 is 35.9 Å². The number of para-hydroxylation sites is 1. The number of aliphatic imine (C=N–C) groups is 1. The van der Waals surface area contributed by atoms with Gasteiger partial charge < -0.3 is 20.1 Å². The van der Waals surface area contributed by atoms with E-state index >= 15 is 0 Å². The van der Waals surface area contributed by atoms with Crippen LogP contribution >= 0.6 is 24.0 Å². The Balaban J connectivity index is 0.00000625. The van der Waals surface area contributed by atoms with Crippen LogP contribution in [0.3, 0.4) is 0 Å². The molecule has 2 N–H and O–H groups in total. The molecule has 0 heterocycles. The molecule has 0 aliphatic heterocycles. The van der Waals surface area contributed by atoms with Crippen LogP contribution < -0.4 is 15.4 Å². The van der Waals surface area contributed by atoms with Gasteiger partial charge in [-0.25, -0.2) is 0 Å². The predicted molar refractivity (Wildman–Crippen MR) is 107 cm³/mol. The molecule has 1 aromatic rings. The molecule has 0 aliphatic rings. The number of unbranched alkanes of at least 4 members (excludes halogenated alkanes) is 2. The van der Waals surface area contributed by atoms with E-state index in [4.69, 9.17) is 0 Å². The summed E-state index contributed by atoms with van der Waals surface area (Å²) in [7, 11) is 3.01. The number of esters is 1. The Morgan fingerprint density at radius 3 is 2.58 bits per heavy atom. The van der Waals surface area contributed by atoms with Crippen LogP contribution in [0.15, 0.2) is 29.3 Å². The molecule has 0 unspecified atom stereocenters. The summed E-state index contributed by atoms with van der Waals surface area (Å²) < 4.78 is 33.9. The molecule has 0 atom stereocenters. The van der Waals surface area contributed by atoms with Gasteiger partial charge in [0, 0.05) is 32.1 Å². The number of hydrogen-bond donors (Lipinski definition) is 2. The number of halogens is 3. The smallest absolute Gasteiger partial charge is 0.387 e. The second kappa shape index (κ2) is 14.5. The van der Waals surface area contributed by atoms with E-state index in [1.807, 2.05) is 0 Å². The number of carbonyl (C=O) groups is 1. The van der Waals surface area contributed by atoms with Crippen molar-refractivity contribution in [1.29, 1.82) is 0 Å². The van der Waals surface area contributed by atoms with Gasteiger partial charge in [-0.3, -0.25) is 9.79 Å². The standard InChI is InChI=1S/C17H25F2N3O3.HI/c1-20-17(21-11-7-3-4-10-15(23)24-2)22-12-13-8-5-6-9-14(13)25-16(18)19;/h5-6,8-9,16H,3-4,7,10-12H2,1-2H3,(H2,20,21,22);1H. The summed E-state index contributed by atoms with van der Waals surface area (Å²) in [5, 5.41) is 6.19. The number of nitrogens with zero attached hydrogens (tertiary/aromatic N) is 1. The van der Waals surface area contributed by atoms with Gasteiger partial charge in [-0.2, -0.15) is 8.78 Å². The normalized spacial score (nSPS) is 10.9. The third-order valence-corrected chi connectivity index (χ3v) is 3.44. The molecule has 0 saturated heterocycles. The van der Waals surface area contributed by atoms with Crippen LogP contribution in [0, 0.1) is 0 Å². The lowest BCUT2D eigenvalue weighted by atomic mass is 10.2. The molecule has 0 radical (unpaired) electrons. The number of carbonyl (C=O) groups excluding carboxylic acids is 1. The SMILES string of the molecule is CN=C(NCCCCCC(=O)OC)NCc1ccccc1OC(F)F.I. The monoisotopic (exact) mass is 485 g/mol. The van der Waals surface area contributed by atoms with E-state index in [0.717, 1.165) is 19.3 Å². The number of benzene rings is 1. The molecule has 1 rings (SSSR count). The number of methoxy groups -OCH3 is 1. The van der Waals surface area contributed by atoms with Crippen molar-refractivity contribution in [2.75, 3.05) is 20.7 Å². The molecular weight excluding hydrogens is 459 g/mol. The molecular formula is C17H26F2IN3O3. The number of hydrogen-bond acceptors (Lipinski definition) is 4. The minimum Gasteiger partial charge on any atom is -0.469 e. The second-order valence-corrected chi connectivity index (χ2v) is 5.23. The van der Waals surface area contributed by atoms with Crippen LogP contribution in [-0.4, -0.2) is 39.2 Å². The Kier molecular flexibility index (Phi) is 13.6. The highest BCUT2D eigenvalue weighted by Gasteiger charge is 2.09. The van der Waals surface area contributed by atoms with Crippen LogP contribution in [0.5, 0.6) is 5.75 Å². The van der Waals surface area contributed by atoms with Gasteiger partial charge in [0.1, 0.15) is 5.75 Å². The number of nitrogens with one attached hydrogen (secondary N) is 2. The van der Waals surface area contributed by atoms with Gasteiger partial charge in [-0.15, -0.1) is 24.0 Å². The molecule has 0 saturated carbocycles. The number of ether oxygens (including phenoxy) is 2. The zero-order chi connectivity index (χ0) is 18.5. The Morgan fingerprint density at radius 1 is 1.19 bits per heavy atom. The van der Waals surface area contributed by atoms with E-state index in [9.17, 15) is 13.6 Å². The van der Waals surface area contributed by atoms with Gasteiger partial charge in [0.25, 0.3) is 0 Å². The first-order valence-electron chi connectivity index (χ1n) is 8.11. The molecule has 0 bridgehead atoms. The third-order valence-electron chi connectivity index (χ3n) is 3.44. The van der Waals surface area contributed by atoms with Crippen molar-refractivity contribution in [3.8, 4) is 5.75 Å². The first-order chi connectivity index (χ1) is 12.1. The second-order valence-electron chi connectivity index (χ2n) is 5.23. The summed E-state index contributed by atoms with van der Waals surface area (Å²) >= 11 is 0. The highest BCUT2D eigenvalue weighted by molar-refractivity contribution is 14.0. The molecule has 9 heteroatoms. The molecule has 0 aliphatic carbocycles. The Bertz CT molecular complexity index is 560. The van der Waals surface area contributed by atoms with E-state index in [-0.39, 0.29) is 35.7 Å². The Labute approximate surface area is 169 Å². The summed E-state index contributed by atoms with van der Waals surface area (Å²) in [5.41, 5.74) is 0.615. The molecule has 0 amide bonds. The lowest BCUT2D eigenvalue weighted by Crippen LogP contribution is -2.37. The number of alkyl halides is 2. The quantitative estimate of drug-likeness (QED) is 0.175. The zero-order valence-electron chi connectivity index (χ0n) is 15.0. The van der Waals surface area contributed by atoms with E-state index < -0.39 is 6.61 Å². The van der Waals surface area contributed by atoms with Gasteiger partial charge in [0.15, 0.2) is 5.96 Å². The van der Waals surface area contributed by atoms with Crippen molar-refractivity contribution in [2.24, 2.45) is 4.99 Å². The lowest BCUT2D eigenvalue weighted by molar-refractivity contribution is -0.140. The molecule has 0 spiro atoms. The fraction of sp³-hybridized carbons (Fsp3) is 0.529. The molecule has 0 aromatic heterocycles. The molecule has 26 heavy (non-hydrogen) atoms. The fourth-order valence-electron chi connectivity index (χ4n) is 2.14. The lowest BCUT2D eigenvalue weighted by Gasteiger charge is -2.14. The van der Waals surface area contributed by atoms with Crippen LogP contribution in [0.1, 0.15) is 31.2 Å². The fourth-order valence-corrected chi connectivity index (χ4v) is 2.14. The van der Waals surface area contributed by atoms with Crippen LogP contribution in [0.4, 0.5) is 8.78 Å². The maximum absolute atomic E-state index is 12.4. The highest BCUT2D eigenvalue weighted by Crippen LogP contribution is 2.19. The van der Waals surface area contributed by atoms with Crippen molar-refractivity contribution in [2.45, 2.75) is 38.8 Å². The topological polar surface area (TPSA) is 72.0 Å². The third kappa shape index (κ3) is 10.4. The maximum atomic E-state index is 12.4. The summed E-state index contributed by atoms with van der Waals surface area (Å²) in [6, 6.07) is 6.61. The predicted octanol–water partition coefficient (Wildman–Crippen LogP) is 3.30. The minimum atomic E-state index is -2.86. The van der Waals surface area contributed by atoms with Gasteiger partial charge in [0.2, 0.25) is 0 Å². The van der Waals surface area contributed by atoms with E-state index in [1.54, 1.807) is 25.2 Å². The number of guanidine groups is 1. The maximum Gasteiger partial charge on any atom is 0.387 e. The summed E-state index contributed by atoms with van der Waals surface area (Å²) in [5.74, 6) is 0.512. The van der Waals surface area contributed by atoms with E-state index in [2.05, 4.69) is 25.1 Å². The zero-order valence-corrected chi connectivity index (χ0v) is 17.3. The van der Waals surface area contributed by atoms with E-state index in [1.165, 1.54) is 13.2 Å². The highest BCUT2D eigenvalue weighted by atomic mass is 127. The minimum absolute atomic E-state index is 0. The van der Waals surface area contributed by atoms with Gasteiger partial charge >= 0.3 is 12.6 Å². The van der Waals surface area contributed by atoms with Gasteiger partial charge in [-0.05, 0) is 18.9 Å². The van der Waals surface area contributed by atoms with Gasteiger partial charge in [0.05, 0.1) is 7.11 Å². The van der Waals surface area contributed by atoms with E-state index in [0.29, 0.717) is 31.0 Å². The molecule has 6 nitrogen and oxygen atoms in total. The molecule has 1 aromatic carbocycles. The average molecular weight is 485 g/mol. The summed E-state index contributed by atoms with van der Waals surface area (Å²) in [6.45, 7) is -1.86. The Morgan fingerprint density at radius 2 is 1.92 bits per heavy atom. The van der Waals surface area contributed by atoms with Crippen LogP contribution in [0.2, 0.25) is 0 Å². The first-order valence-corrected chi connectivity index (χ1v) is 8.11. The molecule has 148 valence electrons. The average Bonchev–Trinajstić information content (AvgIpc) is 2.60. The van der Waals surface area contributed by atoms with Crippen LogP contribution in [0.25, 0.3) is 0 Å². The summed E-state index contributed by atoms with van der Waals surface area (Å²) in [6.07, 6.45) is 2.97. The molecule has 0 fully saturated rings.